The maximum Gasteiger partial charge on any atom is 0.234 e. The molecule has 0 saturated heterocycles. The van der Waals surface area contributed by atoms with Gasteiger partial charge in [-0.1, -0.05) is 59.3 Å². The van der Waals surface area contributed by atoms with Gasteiger partial charge in [-0.05, 0) is 61.9 Å². The zero-order chi connectivity index (χ0) is 21.8. The van der Waals surface area contributed by atoms with E-state index < -0.39 is 0 Å². The summed E-state index contributed by atoms with van der Waals surface area (Å²) < 4.78 is 1.95. The van der Waals surface area contributed by atoms with E-state index in [4.69, 9.17) is 11.6 Å². The third-order valence-electron chi connectivity index (χ3n) is 4.63. The number of hydrogen-bond donors (Lipinski definition) is 1. The summed E-state index contributed by atoms with van der Waals surface area (Å²) in [5, 5.41) is 13.0. The van der Waals surface area contributed by atoms with Crippen molar-refractivity contribution in [3.8, 4) is 17.1 Å². The second-order valence-electron chi connectivity index (χ2n) is 7.19. The van der Waals surface area contributed by atoms with Crippen LogP contribution in [0.1, 0.15) is 11.1 Å². The topological polar surface area (TPSA) is 59.8 Å². The number of thioether (sulfide) groups is 1. The van der Waals surface area contributed by atoms with E-state index in [0.717, 1.165) is 28.1 Å². The first-order valence-electron chi connectivity index (χ1n) is 9.77. The van der Waals surface area contributed by atoms with Gasteiger partial charge in [0.05, 0.1) is 5.75 Å². The van der Waals surface area contributed by atoms with Crippen LogP contribution in [-0.4, -0.2) is 26.4 Å². The summed E-state index contributed by atoms with van der Waals surface area (Å²) >= 11 is 7.42. The number of carbonyl (C=O) groups excluding carboxylic acids is 1. The van der Waals surface area contributed by atoms with Crippen LogP contribution in [-0.2, 0) is 4.79 Å². The molecule has 5 nitrogen and oxygen atoms in total. The molecule has 1 aromatic heterocycles. The average molecular weight is 449 g/mol. The molecule has 4 rings (SSSR count). The summed E-state index contributed by atoms with van der Waals surface area (Å²) in [6.07, 6.45) is 0. The van der Waals surface area contributed by atoms with Crippen molar-refractivity contribution < 1.29 is 4.79 Å². The van der Waals surface area contributed by atoms with Crippen LogP contribution in [0, 0.1) is 13.8 Å². The number of nitrogens with zero attached hydrogens (tertiary/aromatic N) is 3. The van der Waals surface area contributed by atoms with Crippen molar-refractivity contribution in [3.63, 3.8) is 0 Å². The van der Waals surface area contributed by atoms with E-state index >= 15 is 0 Å². The molecule has 4 aromatic rings. The number of carbonyl (C=O) groups is 1. The van der Waals surface area contributed by atoms with Crippen LogP contribution < -0.4 is 5.32 Å². The van der Waals surface area contributed by atoms with Crippen LogP contribution >= 0.6 is 23.4 Å². The molecule has 0 aliphatic carbocycles. The van der Waals surface area contributed by atoms with E-state index in [1.807, 2.05) is 85.1 Å². The van der Waals surface area contributed by atoms with E-state index in [9.17, 15) is 4.79 Å². The number of aromatic nitrogens is 3. The Bertz CT molecular complexity index is 1220. The van der Waals surface area contributed by atoms with E-state index in [0.29, 0.717) is 16.0 Å². The van der Waals surface area contributed by atoms with Gasteiger partial charge in [0.15, 0.2) is 11.0 Å². The van der Waals surface area contributed by atoms with Gasteiger partial charge in [-0.2, -0.15) is 0 Å². The smallest absolute Gasteiger partial charge is 0.234 e. The van der Waals surface area contributed by atoms with Crippen molar-refractivity contribution in [2.45, 2.75) is 19.0 Å². The van der Waals surface area contributed by atoms with E-state index in [2.05, 4.69) is 21.6 Å². The van der Waals surface area contributed by atoms with Gasteiger partial charge in [0.1, 0.15) is 0 Å². The molecule has 0 saturated carbocycles. The maximum absolute atomic E-state index is 12.5. The summed E-state index contributed by atoms with van der Waals surface area (Å²) in [5.74, 6) is 0.832. The molecule has 3 aromatic carbocycles. The lowest BCUT2D eigenvalue weighted by Crippen LogP contribution is -2.14. The number of benzene rings is 3. The molecular formula is C24H21ClN4OS. The second kappa shape index (κ2) is 9.37. The SMILES string of the molecule is Cc1cccc(NC(=O)CSc2nnc(-c3cccc(C)c3)n2-c2ccc(Cl)cc2)c1. The lowest BCUT2D eigenvalue weighted by atomic mass is 10.1. The number of rotatable bonds is 6. The van der Waals surface area contributed by atoms with Crippen molar-refractivity contribution in [3.05, 3.63) is 88.9 Å². The van der Waals surface area contributed by atoms with Gasteiger partial charge in [0.2, 0.25) is 5.91 Å². The molecule has 0 aliphatic heterocycles. The highest BCUT2D eigenvalue weighted by Crippen LogP contribution is 2.29. The number of amides is 1. The first kappa shape index (κ1) is 21.2. The summed E-state index contributed by atoms with van der Waals surface area (Å²) in [4.78, 5) is 12.5. The number of aryl methyl sites for hydroxylation is 2. The molecular weight excluding hydrogens is 428 g/mol. The Morgan fingerprint density at radius 1 is 0.968 bits per heavy atom. The molecule has 7 heteroatoms. The summed E-state index contributed by atoms with van der Waals surface area (Å²) in [6.45, 7) is 4.03. The van der Waals surface area contributed by atoms with Gasteiger partial charge in [-0.15, -0.1) is 10.2 Å². The third kappa shape index (κ3) is 5.16. The van der Waals surface area contributed by atoms with Crippen molar-refractivity contribution in [2.75, 3.05) is 11.1 Å². The maximum atomic E-state index is 12.5. The molecule has 0 radical (unpaired) electrons. The molecule has 0 aliphatic rings. The van der Waals surface area contributed by atoms with Gasteiger partial charge in [-0.25, -0.2) is 0 Å². The minimum Gasteiger partial charge on any atom is -0.325 e. The minimum absolute atomic E-state index is 0.0987. The number of hydrogen-bond acceptors (Lipinski definition) is 4. The van der Waals surface area contributed by atoms with Gasteiger partial charge in [0.25, 0.3) is 0 Å². The van der Waals surface area contributed by atoms with E-state index in [-0.39, 0.29) is 11.7 Å². The van der Waals surface area contributed by atoms with Crippen molar-refractivity contribution >= 4 is 35.0 Å². The fourth-order valence-electron chi connectivity index (χ4n) is 3.21. The number of nitrogens with one attached hydrogen (secondary N) is 1. The molecule has 31 heavy (non-hydrogen) atoms. The van der Waals surface area contributed by atoms with Crippen LogP contribution in [0.3, 0.4) is 0 Å². The number of halogens is 1. The molecule has 156 valence electrons. The predicted octanol–water partition coefficient (Wildman–Crippen LogP) is 5.94. The molecule has 1 amide bonds. The second-order valence-corrected chi connectivity index (χ2v) is 8.57. The largest absolute Gasteiger partial charge is 0.325 e. The number of anilines is 1. The Morgan fingerprint density at radius 3 is 2.39 bits per heavy atom. The lowest BCUT2D eigenvalue weighted by molar-refractivity contribution is -0.113. The van der Waals surface area contributed by atoms with Crippen LogP contribution in [0.25, 0.3) is 17.1 Å². The molecule has 0 spiro atoms. The molecule has 1 heterocycles. The predicted molar refractivity (Wildman–Crippen MR) is 127 cm³/mol. The van der Waals surface area contributed by atoms with Gasteiger partial charge in [-0.3, -0.25) is 9.36 Å². The quantitative estimate of drug-likeness (QED) is 0.371. The molecule has 0 unspecified atom stereocenters. The van der Waals surface area contributed by atoms with Crippen LogP contribution in [0.15, 0.2) is 78.0 Å². The fourth-order valence-corrected chi connectivity index (χ4v) is 4.09. The zero-order valence-electron chi connectivity index (χ0n) is 17.2. The normalized spacial score (nSPS) is 10.8. The first-order valence-corrected chi connectivity index (χ1v) is 11.1. The van der Waals surface area contributed by atoms with Crippen LogP contribution in [0.4, 0.5) is 5.69 Å². The van der Waals surface area contributed by atoms with Crippen molar-refractivity contribution in [1.82, 2.24) is 14.8 Å². The zero-order valence-corrected chi connectivity index (χ0v) is 18.7. The standard InChI is InChI=1S/C24H21ClN4OS/c1-16-5-3-7-18(13-16)23-27-28-24(29(23)21-11-9-19(25)10-12-21)31-15-22(30)26-20-8-4-6-17(2)14-20/h3-14H,15H2,1-2H3,(H,26,30). The first-order chi connectivity index (χ1) is 15.0. The van der Waals surface area contributed by atoms with E-state index in [1.54, 1.807) is 0 Å². The minimum atomic E-state index is -0.0987. The van der Waals surface area contributed by atoms with Crippen molar-refractivity contribution in [2.24, 2.45) is 0 Å². The average Bonchev–Trinajstić information content (AvgIpc) is 3.17. The van der Waals surface area contributed by atoms with E-state index in [1.165, 1.54) is 11.8 Å². The summed E-state index contributed by atoms with van der Waals surface area (Å²) in [6, 6.07) is 23.3. The highest BCUT2D eigenvalue weighted by Gasteiger charge is 2.17. The highest BCUT2D eigenvalue weighted by atomic mass is 35.5. The molecule has 0 fully saturated rings. The monoisotopic (exact) mass is 448 g/mol. The Hall–Kier alpha value is -3.09. The van der Waals surface area contributed by atoms with Crippen LogP contribution in [0.2, 0.25) is 5.02 Å². The molecule has 0 atom stereocenters. The van der Waals surface area contributed by atoms with Crippen LogP contribution in [0.5, 0.6) is 0 Å². The Balaban J connectivity index is 1.61. The lowest BCUT2D eigenvalue weighted by Gasteiger charge is -2.11. The third-order valence-corrected chi connectivity index (χ3v) is 5.81. The molecule has 0 bridgehead atoms. The summed E-state index contributed by atoms with van der Waals surface area (Å²) in [7, 11) is 0. The summed E-state index contributed by atoms with van der Waals surface area (Å²) in [5.41, 5.74) is 4.85. The van der Waals surface area contributed by atoms with Gasteiger partial charge >= 0.3 is 0 Å². The van der Waals surface area contributed by atoms with Gasteiger partial charge < -0.3 is 5.32 Å². The van der Waals surface area contributed by atoms with Crippen molar-refractivity contribution in [1.29, 1.82) is 0 Å². The molecule has 1 N–H and O–H groups in total. The Kier molecular flexibility index (Phi) is 6.39. The highest BCUT2D eigenvalue weighted by molar-refractivity contribution is 7.99. The Morgan fingerprint density at radius 2 is 1.68 bits per heavy atom. The van der Waals surface area contributed by atoms with Gasteiger partial charge in [0, 0.05) is 22.0 Å². The Labute approximate surface area is 190 Å². The fraction of sp³-hybridized carbons (Fsp3) is 0.125.